The van der Waals surface area contributed by atoms with Gasteiger partial charge in [-0.3, -0.25) is 4.79 Å². The van der Waals surface area contributed by atoms with Crippen molar-refractivity contribution in [1.29, 1.82) is 0 Å². The van der Waals surface area contributed by atoms with Crippen LogP contribution in [-0.4, -0.2) is 65.7 Å². The number of ether oxygens (including phenoxy) is 1. The number of nitrogens with one attached hydrogen (secondary N) is 1. The highest BCUT2D eigenvalue weighted by Crippen LogP contribution is 2.43. The number of amides is 3. The van der Waals surface area contributed by atoms with Gasteiger partial charge in [-0.1, -0.05) is 23.7 Å². The smallest absolute Gasteiger partial charge is 0.317 e. The summed E-state index contributed by atoms with van der Waals surface area (Å²) in [6.45, 7) is 5.88. The summed E-state index contributed by atoms with van der Waals surface area (Å²) in [6.07, 6.45) is 1.50. The molecule has 7 nitrogen and oxygen atoms in total. The first-order valence-electron chi connectivity index (χ1n) is 10.6. The summed E-state index contributed by atoms with van der Waals surface area (Å²) < 4.78 is 19.5. The fourth-order valence-electron chi connectivity index (χ4n) is 4.91. The first-order chi connectivity index (χ1) is 14.7. The van der Waals surface area contributed by atoms with Crippen molar-refractivity contribution in [2.24, 2.45) is 11.7 Å². The number of piperazine rings is 1. The van der Waals surface area contributed by atoms with Crippen LogP contribution in [0.2, 0.25) is 0 Å². The highest BCUT2D eigenvalue weighted by atomic mass is 35.5. The van der Waals surface area contributed by atoms with Crippen molar-refractivity contribution in [3.05, 3.63) is 40.8 Å². The van der Waals surface area contributed by atoms with Gasteiger partial charge in [0.2, 0.25) is 5.91 Å². The molecule has 0 aliphatic carbocycles. The third-order valence-corrected chi connectivity index (χ3v) is 6.76. The lowest BCUT2D eigenvalue weighted by molar-refractivity contribution is -0.121. The van der Waals surface area contributed by atoms with Crippen LogP contribution in [0.3, 0.4) is 0 Å². The molecule has 3 aliphatic heterocycles. The summed E-state index contributed by atoms with van der Waals surface area (Å²) in [5.74, 6) is -1.69. The summed E-state index contributed by atoms with van der Waals surface area (Å²) in [7, 11) is 0. The normalized spacial score (nSPS) is 27.8. The van der Waals surface area contributed by atoms with E-state index in [0.717, 1.165) is 12.8 Å². The van der Waals surface area contributed by atoms with Gasteiger partial charge in [-0.2, -0.15) is 0 Å². The number of halogens is 2. The molecule has 1 aromatic rings. The Balaban J connectivity index is 1.51. The Kier molecular flexibility index (Phi) is 5.87. The van der Waals surface area contributed by atoms with Crippen LogP contribution in [0.25, 0.3) is 5.57 Å². The van der Waals surface area contributed by atoms with Crippen molar-refractivity contribution in [2.75, 3.05) is 26.2 Å². The molecule has 3 amide bonds. The van der Waals surface area contributed by atoms with Crippen LogP contribution in [0.15, 0.2) is 29.4 Å². The standard InChI is InChI=1S/C22H28ClFN4O3/c1-22(2)11-15(6-9-31-22)26-21(30)27-7-8-28-16(12-27)18(20(25)29)17(19(28)23)13-4-3-5-14(24)10-13/h3-5,10,15-16,18H,6-9,11-12H2,1-2H3,(H2,25,29)(H,26,30). The van der Waals surface area contributed by atoms with Crippen LogP contribution in [0, 0.1) is 11.7 Å². The van der Waals surface area contributed by atoms with Crippen LogP contribution in [-0.2, 0) is 9.53 Å². The monoisotopic (exact) mass is 450 g/mol. The molecule has 3 N–H and O–H groups in total. The van der Waals surface area contributed by atoms with Gasteiger partial charge in [0.05, 0.1) is 17.6 Å². The van der Waals surface area contributed by atoms with E-state index in [1.807, 2.05) is 18.7 Å². The fraction of sp³-hybridized carbons (Fsp3) is 0.545. The highest BCUT2D eigenvalue weighted by molar-refractivity contribution is 6.33. The molecule has 0 spiro atoms. The van der Waals surface area contributed by atoms with Crippen LogP contribution < -0.4 is 11.1 Å². The maximum atomic E-state index is 13.8. The quantitative estimate of drug-likeness (QED) is 0.692. The van der Waals surface area contributed by atoms with Gasteiger partial charge in [0.15, 0.2) is 0 Å². The Hall–Kier alpha value is -2.32. The second kappa shape index (κ2) is 8.31. The van der Waals surface area contributed by atoms with E-state index in [0.29, 0.717) is 42.5 Å². The maximum Gasteiger partial charge on any atom is 0.317 e. The van der Waals surface area contributed by atoms with Gasteiger partial charge in [-0.25, -0.2) is 9.18 Å². The van der Waals surface area contributed by atoms with Gasteiger partial charge in [-0.05, 0) is 44.4 Å². The van der Waals surface area contributed by atoms with E-state index in [-0.39, 0.29) is 23.7 Å². The van der Waals surface area contributed by atoms with E-state index >= 15 is 0 Å². The first kappa shape index (κ1) is 21.9. The topological polar surface area (TPSA) is 87.9 Å². The predicted octanol–water partition coefficient (Wildman–Crippen LogP) is 2.50. The van der Waals surface area contributed by atoms with Gasteiger partial charge >= 0.3 is 6.03 Å². The summed E-state index contributed by atoms with van der Waals surface area (Å²) in [4.78, 5) is 29.0. The molecule has 3 aliphatic rings. The van der Waals surface area contributed by atoms with E-state index < -0.39 is 17.6 Å². The third-order valence-electron chi connectivity index (χ3n) is 6.34. The average molecular weight is 451 g/mol. The Morgan fingerprint density at radius 1 is 1.32 bits per heavy atom. The number of hydrogen-bond donors (Lipinski definition) is 2. The van der Waals surface area contributed by atoms with Crippen molar-refractivity contribution in [3.8, 4) is 0 Å². The predicted molar refractivity (Wildman–Crippen MR) is 116 cm³/mol. The molecule has 4 rings (SSSR count). The number of hydrogen-bond acceptors (Lipinski definition) is 4. The molecule has 3 heterocycles. The minimum absolute atomic E-state index is 0.0364. The molecule has 31 heavy (non-hydrogen) atoms. The lowest BCUT2D eigenvalue weighted by Crippen LogP contribution is -2.59. The summed E-state index contributed by atoms with van der Waals surface area (Å²) in [5, 5.41) is 3.50. The molecule has 0 aromatic heterocycles. The number of primary amides is 1. The maximum absolute atomic E-state index is 13.8. The summed E-state index contributed by atoms with van der Waals surface area (Å²) in [6, 6.07) is 5.47. The second-order valence-electron chi connectivity index (χ2n) is 9.05. The number of rotatable bonds is 3. The Morgan fingerprint density at radius 3 is 2.77 bits per heavy atom. The largest absolute Gasteiger partial charge is 0.375 e. The van der Waals surface area contributed by atoms with Crippen molar-refractivity contribution in [2.45, 2.75) is 44.4 Å². The van der Waals surface area contributed by atoms with Gasteiger partial charge < -0.3 is 25.6 Å². The van der Waals surface area contributed by atoms with E-state index in [1.165, 1.54) is 12.1 Å². The second-order valence-corrected chi connectivity index (χ2v) is 9.41. The Morgan fingerprint density at radius 2 is 2.10 bits per heavy atom. The first-order valence-corrected chi connectivity index (χ1v) is 10.9. The number of benzene rings is 1. The SMILES string of the molecule is CC1(C)CC(NC(=O)N2CCN3C(Cl)=C(c4cccc(F)c4)C(C(N)=O)C3C2)CCO1. The zero-order valence-electron chi connectivity index (χ0n) is 17.7. The molecule has 0 bridgehead atoms. The number of carbonyl (C=O) groups excluding carboxylic acids is 2. The Bertz CT molecular complexity index is 922. The van der Waals surface area contributed by atoms with Gasteiger partial charge in [0.1, 0.15) is 11.0 Å². The van der Waals surface area contributed by atoms with Gasteiger partial charge in [-0.15, -0.1) is 0 Å². The molecule has 3 unspecified atom stereocenters. The number of urea groups is 1. The van der Waals surface area contributed by atoms with E-state index in [9.17, 15) is 14.0 Å². The fourth-order valence-corrected chi connectivity index (χ4v) is 5.34. The average Bonchev–Trinajstić information content (AvgIpc) is 2.99. The molecule has 3 atom stereocenters. The van der Waals surface area contributed by atoms with Crippen molar-refractivity contribution in [1.82, 2.24) is 15.1 Å². The zero-order chi connectivity index (χ0) is 22.3. The molecular formula is C22H28ClFN4O3. The number of carbonyl (C=O) groups is 2. The van der Waals surface area contributed by atoms with Gasteiger partial charge in [0, 0.05) is 37.9 Å². The lowest BCUT2D eigenvalue weighted by atomic mass is 9.88. The van der Waals surface area contributed by atoms with Crippen molar-refractivity contribution in [3.63, 3.8) is 0 Å². The van der Waals surface area contributed by atoms with Crippen LogP contribution in [0.1, 0.15) is 32.3 Å². The zero-order valence-corrected chi connectivity index (χ0v) is 18.5. The Labute approximate surface area is 186 Å². The van der Waals surface area contributed by atoms with E-state index in [2.05, 4.69) is 5.32 Å². The number of nitrogens with zero attached hydrogens (tertiary/aromatic N) is 2. The molecule has 9 heteroatoms. The molecule has 2 saturated heterocycles. The van der Waals surface area contributed by atoms with Crippen LogP contribution in [0.5, 0.6) is 0 Å². The summed E-state index contributed by atoms with van der Waals surface area (Å²) in [5.41, 5.74) is 6.53. The van der Waals surface area contributed by atoms with Crippen molar-refractivity contribution >= 4 is 29.1 Å². The minimum atomic E-state index is -0.730. The van der Waals surface area contributed by atoms with Crippen LogP contribution >= 0.6 is 11.6 Å². The van der Waals surface area contributed by atoms with Gasteiger partial charge in [0.25, 0.3) is 0 Å². The molecule has 1 aromatic carbocycles. The molecule has 0 saturated carbocycles. The highest BCUT2D eigenvalue weighted by Gasteiger charge is 2.47. The molecule has 2 fully saturated rings. The van der Waals surface area contributed by atoms with Crippen LogP contribution in [0.4, 0.5) is 9.18 Å². The third kappa shape index (κ3) is 4.36. The number of fused-ring (bicyclic) bond motifs is 1. The minimum Gasteiger partial charge on any atom is -0.375 e. The molecule has 0 radical (unpaired) electrons. The van der Waals surface area contributed by atoms with E-state index in [4.69, 9.17) is 22.1 Å². The lowest BCUT2D eigenvalue weighted by Gasteiger charge is -2.42. The summed E-state index contributed by atoms with van der Waals surface area (Å²) >= 11 is 6.63. The van der Waals surface area contributed by atoms with Crippen molar-refractivity contribution < 1.29 is 18.7 Å². The van der Waals surface area contributed by atoms with E-state index in [1.54, 1.807) is 17.0 Å². The molecular weight excluding hydrogens is 423 g/mol. The number of nitrogens with two attached hydrogens (primary N) is 1. The molecule has 168 valence electrons.